The van der Waals surface area contributed by atoms with E-state index in [9.17, 15) is 26.7 Å². The SMILES string of the molecule is CCOc1ccc(S(=O)(=O)N(CC)CC)cc1NS(=O)(=O)c1cc(C(=O)O)cc(C)c1C. The van der Waals surface area contributed by atoms with E-state index in [-0.39, 0.29) is 46.5 Å². The summed E-state index contributed by atoms with van der Waals surface area (Å²) in [5.41, 5.74) is 0.648. The number of hydrogen-bond donors (Lipinski definition) is 2. The molecule has 11 heteroatoms. The first-order valence-electron chi connectivity index (χ1n) is 10.0. The summed E-state index contributed by atoms with van der Waals surface area (Å²) in [5, 5.41) is 9.31. The number of benzene rings is 2. The van der Waals surface area contributed by atoms with Crippen LogP contribution in [-0.4, -0.2) is 51.9 Å². The van der Waals surface area contributed by atoms with Crippen molar-refractivity contribution in [1.29, 1.82) is 0 Å². The highest BCUT2D eigenvalue weighted by atomic mass is 32.2. The average Bonchev–Trinajstić information content (AvgIpc) is 2.71. The van der Waals surface area contributed by atoms with Gasteiger partial charge in [0.05, 0.1) is 27.6 Å². The third-order valence-electron chi connectivity index (χ3n) is 4.99. The number of hydrogen-bond acceptors (Lipinski definition) is 6. The third kappa shape index (κ3) is 5.22. The number of carbonyl (C=O) groups is 1. The Hall–Kier alpha value is -2.63. The largest absolute Gasteiger partial charge is 0.492 e. The van der Waals surface area contributed by atoms with Crippen LogP contribution in [0, 0.1) is 13.8 Å². The van der Waals surface area contributed by atoms with Crippen molar-refractivity contribution in [2.45, 2.75) is 44.4 Å². The van der Waals surface area contributed by atoms with Crippen molar-refractivity contribution in [1.82, 2.24) is 4.31 Å². The second kappa shape index (κ2) is 9.88. The van der Waals surface area contributed by atoms with Crippen LogP contribution in [0.3, 0.4) is 0 Å². The van der Waals surface area contributed by atoms with Gasteiger partial charge in [-0.25, -0.2) is 21.6 Å². The van der Waals surface area contributed by atoms with Crippen LogP contribution in [0.25, 0.3) is 0 Å². The number of aryl methyl sites for hydroxylation is 1. The van der Waals surface area contributed by atoms with Crippen LogP contribution in [0.1, 0.15) is 42.3 Å². The molecule has 0 saturated carbocycles. The molecule has 2 aromatic rings. The maximum atomic E-state index is 13.2. The highest BCUT2D eigenvalue weighted by Crippen LogP contribution is 2.32. The van der Waals surface area contributed by atoms with Crippen LogP contribution in [0.15, 0.2) is 40.1 Å². The summed E-state index contributed by atoms with van der Waals surface area (Å²) in [5.74, 6) is -1.11. The molecule has 9 nitrogen and oxygen atoms in total. The van der Waals surface area contributed by atoms with Gasteiger partial charge in [0.2, 0.25) is 10.0 Å². The maximum Gasteiger partial charge on any atom is 0.335 e. The van der Waals surface area contributed by atoms with Crippen molar-refractivity contribution < 1.29 is 31.5 Å². The van der Waals surface area contributed by atoms with Crippen molar-refractivity contribution >= 4 is 31.7 Å². The molecule has 0 aliphatic carbocycles. The molecule has 0 bridgehead atoms. The Kier molecular flexibility index (Phi) is 7.92. The van der Waals surface area contributed by atoms with Crippen LogP contribution in [0.4, 0.5) is 5.69 Å². The van der Waals surface area contributed by atoms with E-state index in [0.29, 0.717) is 11.1 Å². The van der Waals surface area contributed by atoms with Crippen LogP contribution >= 0.6 is 0 Å². The molecule has 0 amide bonds. The Balaban J connectivity index is 2.64. The van der Waals surface area contributed by atoms with Crippen molar-refractivity contribution in [3.8, 4) is 5.75 Å². The number of nitrogens with one attached hydrogen (secondary N) is 1. The number of ether oxygens (including phenoxy) is 1. The van der Waals surface area contributed by atoms with Crippen molar-refractivity contribution in [2.75, 3.05) is 24.4 Å². The van der Waals surface area contributed by atoms with Gasteiger partial charge in [-0.05, 0) is 62.2 Å². The molecule has 0 aliphatic rings. The Morgan fingerprint density at radius 2 is 1.66 bits per heavy atom. The number of sulfonamides is 2. The third-order valence-corrected chi connectivity index (χ3v) is 8.53. The minimum absolute atomic E-state index is 0.0575. The van der Waals surface area contributed by atoms with E-state index in [1.807, 2.05) is 0 Å². The molecule has 0 aliphatic heterocycles. The molecule has 0 saturated heterocycles. The zero-order valence-corrected chi connectivity index (χ0v) is 20.3. The smallest absolute Gasteiger partial charge is 0.335 e. The summed E-state index contributed by atoms with van der Waals surface area (Å²) in [4.78, 5) is 11.1. The molecule has 0 spiro atoms. The van der Waals surface area contributed by atoms with Crippen LogP contribution in [0.2, 0.25) is 0 Å². The van der Waals surface area contributed by atoms with E-state index in [1.54, 1.807) is 34.6 Å². The van der Waals surface area contributed by atoms with Gasteiger partial charge < -0.3 is 9.84 Å². The minimum atomic E-state index is -4.26. The molecule has 32 heavy (non-hydrogen) atoms. The molecule has 0 radical (unpaired) electrons. The lowest BCUT2D eigenvalue weighted by molar-refractivity contribution is 0.0696. The molecule has 2 rings (SSSR count). The molecule has 176 valence electrons. The molecular formula is C21H28N2O7S2. The van der Waals surface area contributed by atoms with Gasteiger partial charge in [-0.1, -0.05) is 13.8 Å². The number of rotatable bonds is 10. The predicted molar refractivity (Wildman–Crippen MR) is 121 cm³/mol. The molecule has 0 aromatic heterocycles. The summed E-state index contributed by atoms with van der Waals surface area (Å²) >= 11 is 0. The first-order valence-corrected chi connectivity index (χ1v) is 13.0. The molecule has 0 heterocycles. The zero-order chi connectivity index (χ0) is 24.3. The Morgan fingerprint density at radius 1 is 1.03 bits per heavy atom. The fraction of sp³-hybridized carbons (Fsp3) is 0.381. The van der Waals surface area contributed by atoms with Crippen LogP contribution in [-0.2, 0) is 20.0 Å². The number of anilines is 1. The summed E-state index contributed by atoms with van der Waals surface area (Å²) < 4.78 is 61.3. The van der Waals surface area contributed by atoms with E-state index in [2.05, 4.69) is 4.72 Å². The van der Waals surface area contributed by atoms with Gasteiger partial charge >= 0.3 is 5.97 Å². The normalized spacial score (nSPS) is 12.1. The van der Waals surface area contributed by atoms with E-state index in [0.717, 1.165) is 6.07 Å². The zero-order valence-electron chi connectivity index (χ0n) is 18.7. The number of carboxylic acid groups (broad SMARTS) is 1. The summed E-state index contributed by atoms with van der Waals surface area (Å²) in [6.07, 6.45) is 0. The summed E-state index contributed by atoms with van der Waals surface area (Å²) in [6.45, 7) is 9.05. The van der Waals surface area contributed by atoms with Gasteiger partial charge in [0.15, 0.2) is 0 Å². The number of carboxylic acids is 1. The Labute approximate surface area is 189 Å². The van der Waals surface area contributed by atoms with Crippen LogP contribution in [0.5, 0.6) is 5.75 Å². The van der Waals surface area contributed by atoms with Crippen molar-refractivity contribution in [3.63, 3.8) is 0 Å². The summed E-state index contributed by atoms with van der Waals surface area (Å²) in [7, 11) is -8.10. The first-order chi connectivity index (χ1) is 14.9. The van der Waals surface area contributed by atoms with Gasteiger partial charge in [0.25, 0.3) is 10.0 Å². The molecule has 0 fully saturated rings. The predicted octanol–water partition coefficient (Wildman–Crippen LogP) is 3.23. The van der Waals surface area contributed by atoms with Crippen molar-refractivity contribution in [3.05, 3.63) is 47.0 Å². The molecule has 2 N–H and O–H groups in total. The Morgan fingerprint density at radius 3 is 2.19 bits per heavy atom. The quantitative estimate of drug-likeness (QED) is 0.529. The lowest BCUT2D eigenvalue weighted by atomic mass is 10.1. The highest BCUT2D eigenvalue weighted by molar-refractivity contribution is 7.92. The monoisotopic (exact) mass is 484 g/mol. The van der Waals surface area contributed by atoms with E-state index in [4.69, 9.17) is 4.74 Å². The Bertz CT molecular complexity index is 1220. The van der Waals surface area contributed by atoms with Gasteiger partial charge in [-0.15, -0.1) is 0 Å². The molecule has 0 unspecified atom stereocenters. The van der Waals surface area contributed by atoms with Crippen LogP contribution < -0.4 is 9.46 Å². The molecule has 0 atom stereocenters. The second-order valence-corrected chi connectivity index (χ2v) is 10.6. The van der Waals surface area contributed by atoms with Crippen molar-refractivity contribution in [2.24, 2.45) is 0 Å². The molecular weight excluding hydrogens is 456 g/mol. The maximum absolute atomic E-state index is 13.2. The second-order valence-electron chi connectivity index (χ2n) is 7.01. The van der Waals surface area contributed by atoms with E-state index >= 15 is 0 Å². The van der Waals surface area contributed by atoms with Gasteiger partial charge in [-0.3, -0.25) is 4.72 Å². The standard InChI is InChI=1S/C21H28N2O7S2/c1-6-23(7-2)32(28,29)17-9-10-19(30-8-3)18(13-17)22-31(26,27)20-12-16(21(24)25)11-14(4)15(20)5/h9-13,22H,6-8H2,1-5H3,(H,24,25). The fourth-order valence-corrected chi connectivity index (χ4v) is 6.06. The topological polar surface area (TPSA) is 130 Å². The lowest BCUT2D eigenvalue weighted by Crippen LogP contribution is -2.30. The first kappa shape index (κ1) is 25.6. The van der Waals surface area contributed by atoms with Gasteiger partial charge in [0.1, 0.15) is 5.75 Å². The van der Waals surface area contributed by atoms with Gasteiger partial charge in [-0.2, -0.15) is 4.31 Å². The highest BCUT2D eigenvalue weighted by Gasteiger charge is 2.26. The van der Waals surface area contributed by atoms with Gasteiger partial charge in [0, 0.05) is 13.1 Å². The fourth-order valence-electron chi connectivity index (χ4n) is 3.17. The lowest BCUT2D eigenvalue weighted by Gasteiger charge is -2.20. The number of aromatic carboxylic acids is 1. The number of nitrogens with zero attached hydrogens (tertiary/aromatic N) is 1. The minimum Gasteiger partial charge on any atom is -0.492 e. The summed E-state index contributed by atoms with van der Waals surface area (Å²) in [6, 6.07) is 6.42. The van der Waals surface area contributed by atoms with E-state index in [1.165, 1.54) is 28.6 Å². The molecule has 2 aromatic carbocycles. The van der Waals surface area contributed by atoms with E-state index < -0.39 is 26.0 Å². The average molecular weight is 485 g/mol.